The van der Waals surface area contributed by atoms with E-state index >= 15 is 0 Å². The van der Waals surface area contributed by atoms with Crippen molar-refractivity contribution < 1.29 is 14.2 Å². The average molecular weight is 241 g/mol. The van der Waals surface area contributed by atoms with Crippen LogP contribution in [-0.4, -0.2) is 25.4 Å². The Hall–Kier alpha value is -1.13. The minimum atomic E-state index is -0.275. The quantitative estimate of drug-likeness (QED) is 0.685. The average Bonchev–Trinajstić information content (AvgIpc) is 2.28. The topological polar surface area (TPSA) is 41.5 Å². The zero-order valence-electron chi connectivity index (χ0n) is 10.2. The van der Waals surface area contributed by atoms with Crippen LogP contribution < -0.4 is 10.1 Å². The molecule has 0 atom stereocenters. The first-order valence-electron chi connectivity index (χ1n) is 5.94. The van der Waals surface area contributed by atoms with Gasteiger partial charge in [0.25, 0.3) is 0 Å². The molecule has 0 aliphatic carbocycles. The van der Waals surface area contributed by atoms with Gasteiger partial charge in [-0.05, 0) is 44.0 Å². The molecule has 2 N–H and O–H groups in total. The van der Waals surface area contributed by atoms with E-state index in [4.69, 9.17) is 9.84 Å². The maximum atomic E-state index is 13.2. The predicted molar refractivity (Wildman–Crippen MR) is 65.6 cm³/mol. The predicted octanol–water partition coefficient (Wildman–Crippen LogP) is 2.09. The van der Waals surface area contributed by atoms with Gasteiger partial charge in [0.1, 0.15) is 11.6 Å². The Bertz CT molecular complexity index is 331. The minimum Gasteiger partial charge on any atom is -0.493 e. The zero-order chi connectivity index (χ0) is 12.5. The summed E-state index contributed by atoms with van der Waals surface area (Å²) < 4.78 is 18.7. The highest BCUT2D eigenvalue weighted by Gasteiger charge is 2.01. The van der Waals surface area contributed by atoms with E-state index in [1.807, 2.05) is 13.1 Å². The standard InChI is InChI=1S/C13H20FNO2/c1-15-10-11-7-12(14)9-13(8-11)17-6-4-2-3-5-16/h7-9,15-16H,2-6,10H2,1H3. The Morgan fingerprint density at radius 3 is 2.76 bits per heavy atom. The lowest BCUT2D eigenvalue weighted by molar-refractivity contribution is 0.265. The maximum absolute atomic E-state index is 13.2. The Morgan fingerprint density at radius 2 is 2.06 bits per heavy atom. The van der Waals surface area contributed by atoms with Gasteiger partial charge in [0.2, 0.25) is 0 Å². The van der Waals surface area contributed by atoms with Gasteiger partial charge in [0, 0.05) is 19.2 Å². The third-order valence-electron chi connectivity index (χ3n) is 2.38. The Labute approximate surface area is 102 Å². The van der Waals surface area contributed by atoms with Crippen molar-refractivity contribution in [3.8, 4) is 5.75 Å². The monoisotopic (exact) mass is 241 g/mol. The number of aliphatic hydroxyl groups excluding tert-OH is 1. The molecule has 0 saturated heterocycles. The van der Waals surface area contributed by atoms with Crippen molar-refractivity contribution >= 4 is 0 Å². The van der Waals surface area contributed by atoms with Gasteiger partial charge in [-0.25, -0.2) is 4.39 Å². The smallest absolute Gasteiger partial charge is 0.127 e. The number of hydrogen-bond donors (Lipinski definition) is 2. The van der Waals surface area contributed by atoms with Crippen LogP contribution in [0, 0.1) is 5.82 Å². The molecule has 17 heavy (non-hydrogen) atoms. The largest absolute Gasteiger partial charge is 0.493 e. The highest BCUT2D eigenvalue weighted by molar-refractivity contribution is 5.29. The van der Waals surface area contributed by atoms with Crippen molar-refractivity contribution in [2.45, 2.75) is 25.8 Å². The van der Waals surface area contributed by atoms with Gasteiger partial charge in [-0.15, -0.1) is 0 Å². The van der Waals surface area contributed by atoms with E-state index < -0.39 is 0 Å². The van der Waals surface area contributed by atoms with Crippen LogP contribution in [0.1, 0.15) is 24.8 Å². The number of hydrogen-bond acceptors (Lipinski definition) is 3. The van der Waals surface area contributed by atoms with Crippen molar-refractivity contribution in [2.75, 3.05) is 20.3 Å². The number of unbranched alkanes of at least 4 members (excludes halogenated alkanes) is 2. The van der Waals surface area contributed by atoms with E-state index in [0.717, 1.165) is 24.8 Å². The maximum Gasteiger partial charge on any atom is 0.127 e. The van der Waals surface area contributed by atoms with Crippen LogP contribution >= 0.6 is 0 Å². The minimum absolute atomic E-state index is 0.215. The number of rotatable bonds is 8. The summed E-state index contributed by atoms with van der Waals surface area (Å²) in [7, 11) is 1.82. The van der Waals surface area contributed by atoms with Gasteiger partial charge < -0.3 is 15.2 Å². The zero-order valence-corrected chi connectivity index (χ0v) is 10.2. The molecule has 0 fully saturated rings. The molecule has 3 nitrogen and oxygen atoms in total. The number of halogens is 1. The molecule has 1 rings (SSSR count). The molecule has 1 aromatic carbocycles. The lowest BCUT2D eigenvalue weighted by atomic mass is 10.2. The summed E-state index contributed by atoms with van der Waals surface area (Å²) in [4.78, 5) is 0. The van der Waals surface area contributed by atoms with Crippen LogP contribution in [-0.2, 0) is 6.54 Å². The third kappa shape index (κ3) is 5.65. The van der Waals surface area contributed by atoms with E-state index in [1.165, 1.54) is 12.1 Å². The summed E-state index contributed by atoms with van der Waals surface area (Å²) in [6.07, 6.45) is 2.59. The summed E-state index contributed by atoms with van der Waals surface area (Å²) >= 11 is 0. The molecule has 0 aromatic heterocycles. The highest BCUT2D eigenvalue weighted by Crippen LogP contribution is 2.16. The van der Waals surface area contributed by atoms with Gasteiger partial charge >= 0.3 is 0 Å². The second-order valence-corrected chi connectivity index (χ2v) is 3.96. The first kappa shape index (κ1) is 13.9. The van der Waals surface area contributed by atoms with Crippen LogP contribution in [0.3, 0.4) is 0 Å². The second kappa shape index (κ2) is 8.03. The Morgan fingerprint density at radius 1 is 1.24 bits per heavy atom. The molecule has 0 amide bonds. The van der Waals surface area contributed by atoms with Gasteiger partial charge in [0.15, 0.2) is 0 Å². The molecule has 4 heteroatoms. The molecule has 0 radical (unpaired) electrons. The number of aliphatic hydroxyl groups is 1. The van der Waals surface area contributed by atoms with E-state index in [2.05, 4.69) is 5.32 Å². The molecule has 1 aromatic rings. The van der Waals surface area contributed by atoms with Crippen LogP contribution in [0.4, 0.5) is 4.39 Å². The molecular formula is C13H20FNO2. The molecule has 0 aliphatic rings. The van der Waals surface area contributed by atoms with Gasteiger partial charge in [0.05, 0.1) is 6.61 Å². The molecule has 0 heterocycles. The van der Waals surface area contributed by atoms with Gasteiger partial charge in [-0.3, -0.25) is 0 Å². The molecule has 0 unspecified atom stereocenters. The molecule has 0 saturated carbocycles. The molecule has 0 aliphatic heterocycles. The number of ether oxygens (including phenoxy) is 1. The third-order valence-corrected chi connectivity index (χ3v) is 2.38. The fourth-order valence-electron chi connectivity index (χ4n) is 1.59. The second-order valence-electron chi connectivity index (χ2n) is 3.96. The van der Waals surface area contributed by atoms with Crippen LogP contribution in [0.5, 0.6) is 5.75 Å². The summed E-state index contributed by atoms with van der Waals surface area (Å²) in [5, 5.41) is 11.6. The summed E-state index contributed by atoms with van der Waals surface area (Å²) in [5.41, 5.74) is 0.873. The van der Waals surface area contributed by atoms with E-state index in [1.54, 1.807) is 0 Å². The molecule has 96 valence electrons. The fraction of sp³-hybridized carbons (Fsp3) is 0.538. The number of benzene rings is 1. The van der Waals surface area contributed by atoms with Crippen molar-refractivity contribution in [3.05, 3.63) is 29.6 Å². The Kier molecular flexibility index (Phi) is 6.58. The van der Waals surface area contributed by atoms with Crippen LogP contribution in [0.15, 0.2) is 18.2 Å². The highest BCUT2D eigenvalue weighted by atomic mass is 19.1. The van der Waals surface area contributed by atoms with E-state index in [-0.39, 0.29) is 12.4 Å². The normalized spacial score (nSPS) is 10.5. The van der Waals surface area contributed by atoms with Crippen molar-refractivity contribution in [1.29, 1.82) is 0 Å². The van der Waals surface area contributed by atoms with Crippen molar-refractivity contribution in [3.63, 3.8) is 0 Å². The van der Waals surface area contributed by atoms with Gasteiger partial charge in [-0.1, -0.05) is 0 Å². The lowest BCUT2D eigenvalue weighted by Gasteiger charge is -2.08. The number of nitrogens with one attached hydrogen (secondary N) is 1. The van der Waals surface area contributed by atoms with Crippen molar-refractivity contribution in [2.24, 2.45) is 0 Å². The molecular weight excluding hydrogens is 221 g/mol. The van der Waals surface area contributed by atoms with E-state index in [9.17, 15) is 4.39 Å². The molecule has 0 spiro atoms. The van der Waals surface area contributed by atoms with Crippen LogP contribution in [0.2, 0.25) is 0 Å². The van der Waals surface area contributed by atoms with Crippen LogP contribution in [0.25, 0.3) is 0 Å². The molecule has 0 bridgehead atoms. The van der Waals surface area contributed by atoms with Crippen molar-refractivity contribution in [1.82, 2.24) is 5.32 Å². The Balaban J connectivity index is 2.41. The summed E-state index contributed by atoms with van der Waals surface area (Å²) in [6.45, 7) is 1.40. The summed E-state index contributed by atoms with van der Waals surface area (Å²) in [6, 6.07) is 4.73. The summed E-state index contributed by atoms with van der Waals surface area (Å²) in [5.74, 6) is 0.294. The fourth-order valence-corrected chi connectivity index (χ4v) is 1.59. The van der Waals surface area contributed by atoms with E-state index in [0.29, 0.717) is 18.9 Å². The SMILES string of the molecule is CNCc1cc(F)cc(OCCCCCO)c1. The van der Waals surface area contributed by atoms with Gasteiger partial charge in [-0.2, -0.15) is 0 Å². The first-order valence-corrected chi connectivity index (χ1v) is 5.94. The first-order chi connectivity index (χ1) is 8.26. The lowest BCUT2D eigenvalue weighted by Crippen LogP contribution is -2.06.